The van der Waals surface area contributed by atoms with Crippen LogP contribution in [0.3, 0.4) is 0 Å². The zero-order chi connectivity index (χ0) is 15.2. The van der Waals surface area contributed by atoms with Crippen molar-refractivity contribution in [3.05, 3.63) is 0 Å². The van der Waals surface area contributed by atoms with Crippen LogP contribution in [0.1, 0.15) is 27.7 Å². The Balaban J connectivity index is 4.18. The van der Waals surface area contributed by atoms with Crippen molar-refractivity contribution >= 4 is 29.0 Å². The van der Waals surface area contributed by atoms with E-state index in [1.807, 2.05) is 0 Å². The third-order valence-electron chi connectivity index (χ3n) is 2.21. The number of carboxylic acid groups (broad SMARTS) is 1. The van der Waals surface area contributed by atoms with Crippen LogP contribution < -0.4 is 5.73 Å². The Morgan fingerprint density at radius 2 is 1.79 bits per heavy atom. The molecule has 0 aliphatic carbocycles. The van der Waals surface area contributed by atoms with Gasteiger partial charge in [-0.05, 0) is 25.6 Å². The highest BCUT2D eigenvalue weighted by molar-refractivity contribution is 8.14. The van der Waals surface area contributed by atoms with Crippen LogP contribution in [0.4, 0.5) is 4.79 Å². The molecule has 0 radical (unpaired) electrons. The number of carbonyl (C=O) groups is 3. The van der Waals surface area contributed by atoms with Gasteiger partial charge in [0.25, 0.3) is 0 Å². The van der Waals surface area contributed by atoms with Gasteiger partial charge in [0.05, 0.1) is 5.92 Å². The van der Waals surface area contributed by atoms with Gasteiger partial charge >= 0.3 is 17.2 Å². The summed E-state index contributed by atoms with van der Waals surface area (Å²) in [5.41, 5.74) is 5.45. The maximum atomic E-state index is 11.4. The van der Waals surface area contributed by atoms with Gasteiger partial charge in [-0.2, -0.15) is 0 Å². The number of thioether (sulfide) groups is 1. The molecule has 0 fully saturated rings. The number of hydrogen-bond donors (Lipinski definition) is 2. The molecule has 1 unspecified atom stereocenters. The van der Waals surface area contributed by atoms with E-state index in [2.05, 4.69) is 9.47 Å². The molecule has 19 heavy (non-hydrogen) atoms. The van der Waals surface area contributed by atoms with Crippen LogP contribution in [0.5, 0.6) is 0 Å². The smallest absolute Gasteiger partial charge is 0.370 e. The van der Waals surface area contributed by atoms with Crippen LogP contribution in [0.25, 0.3) is 0 Å². The summed E-state index contributed by atoms with van der Waals surface area (Å²) in [6, 6.07) is -1.22. The van der Waals surface area contributed by atoms with Crippen LogP contribution in [0, 0.1) is 5.92 Å². The van der Waals surface area contributed by atoms with E-state index in [1.165, 1.54) is 13.8 Å². The van der Waals surface area contributed by atoms with Crippen LogP contribution in [0.15, 0.2) is 0 Å². The molecule has 0 spiro atoms. The van der Waals surface area contributed by atoms with E-state index in [0.29, 0.717) is 11.8 Å². The number of rotatable bonds is 6. The number of carbonyl (C=O) groups excluding carboxylic acids is 2. The lowest BCUT2D eigenvalue weighted by molar-refractivity contribution is -0.155. The zero-order valence-electron chi connectivity index (χ0n) is 11.3. The molecule has 0 bridgehead atoms. The van der Waals surface area contributed by atoms with Gasteiger partial charge in [-0.3, -0.25) is 9.59 Å². The summed E-state index contributed by atoms with van der Waals surface area (Å²) in [7, 11) is 0. The Labute approximate surface area is 115 Å². The van der Waals surface area contributed by atoms with E-state index >= 15 is 0 Å². The minimum Gasteiger partial charge on any atom is -0.480 e. The first-order valence-electron chi connectivity index (χ1n) is 5.58. The molecule has 0 amide bonds. The number of carboxylic acids is 1. The Morgan fingerprint density at radius 3 is 2.21 bits per heavy atom. The fourth-order valence-electron chi connectivity index (χ4n) is 0.907. The van der Waals surface area contributed by atoms with Crippen LogP contribution in [-0.4, -0.2) is 39.9 Å². The highest BCUT2D eigenvalue weighted by Crippen LogP contribution is 2.29. The number of aliphatic carboxylic acids is 1. The van der Waals surface area contributed by atoms with E-state index in [9.17, 15) is 14.4 Å². The third kappa shape index (κ3) is 6.44. The highest BCUT2D eigenvalue weighted by atomic mass is 32.2. The third-order valence-corrected chi connectivity index (χ3v) is 3.28. The van der Waals surface area contributed by atoms with Crippen LogP contribution in [0.2, 0.25) is 0 Å². The van der Waals surface area contributed by atoms with Crippen molar-refractivity contribution < 1.29 is 29.0 Å². The Kier molecular flexibility index (Phi) is 6.85. The summed E-state index contributed by atoms with van der Waals surface area (Å²) in [5, 5.41) is 8.03. The molecular weight excluding hydrogens is 274 g/mol. The minimum atomic E-state index is -1.22. The van der Waals surface area contributed by atoms with Crippen molar-refractivity contribution in [3.8, 4) is 0 Å². The maximum absolute atomic E-state index is 11.4. The fourth-order valence-corrected chi connectivity index (χ4v) is 1.67. The molecule has 0 rings (SSSR count). The second-order valence-corrected chi connectivity index (χ2v) is 6.24. The number of nitrogens with two attached hydrogens (primary N) is 1. The predicted octanol–water partition coefficient (Wildman–Crippen LogP) is 1.20. The van der Waals surface area contributed by atoms with Crippen molar-refractivity contribution in [2.75, 3.05) is 6.79 Å². The molecule has 0 aliphatic heterocycles. The molecule has 0 heterocycles. The SMILES string of the molecule is CC(C)C(=O)OCOC(=O)SC(C)(C)C(N)C(=O)O. The van der Waals surface area contributed by atoms with E-state index in [1.54, 1.807) is 13.8 Å². The van der Waals surface area contributed by atoms with Gasteiger partial charge < -0.3 is 20.3 Å². The molecule has 0 saturated carbocycles. The number of ether oxygens (including phenoxy) is 2. The zero-order valence-corrected chi connectivity index (χ0v) is 12.2. The second kappa shape index (κ2) is 7.34. The molecule has 8 heteroatoms. The molecule has 0 aromatic carbocycles. The number of hydrogen-bond acceptors (Lipinski definition) is 7. The normalized spacial score (nSPS) is 12.9. The topological polar surface area (TPSA) is 116 Å². The molecule has 0 aromatic rings. The van der Waals surface area contributed by atoms with Crippen molar-refractivity contribution in [3.63, 3.8) is 0 Å². The second-order valence-electron chi connectivity index (χ2n) is 4.65. The van der Waals surface area contributed by atoms with Gasteiger partial charge in [-0.1, -0.05) is 13.8 Å². The molecule has 0 saturated heterocycles. The van der Waals surface area contributed by atoms with Crippen LogP contribution in [-0.2, 0) is 19.1 Å². The van der Waals surface area contributed by atoms with Crippen molar-refractivity contribution in [1.82, 2.24) is 0 Å². The summed E-state index contributed by atoms with van der Waals surface area (Å²) in [6.45, 7) is 5.82. The van der Waals surface area contributed by atoms with Gasteiger partial charge in [0.2, 0.25) is 6.79 Å². The maximum Gasteiger partial charge on any atom is 0.370 e. The van der Waals surface area contributed by atoms with Gasteiger partial charge in [0.1, 0.15) is 6.04 Å². The standard InChI is InChI=1S/C11H19NO6S/c1-6(2)9(15)17-5-18-10(16)19-11(3,4)7(12)8(13)14/h6-7H,5,12H2,1-4H3,(H,13,14). The quantitative estimate of drug-likeness (QED) is 0.554. The van der Waals surface area contributed by atoms with Gasteiger partial charge in [-0.25, -0.2) is 4.79 Å². The molecular formula is C11H19NO6S. The summed E-state index contributed by atoms with van der Waals surface area (Å²) in [5.74, 6) is -2.01. The summed E-state index contributed by atoms with van der Waals surface area (Å²) < 4.78 is 8.28. The van der Waals surface area contributed by atoms with E-state index < -0.39 is 34.8 Å². The van der Waals surface area contributed by atoms with Crippen molar-refractivity contribution in [2.45, 2.75) is 38.5 Å². The summed E-state index contributed by atoms with van der Waals surface area (Å²) in [6.07, 6.45) is 0. The molecule has 110 valence electrons. The first-order valence-corrected chi connectivity index (χ1v) is 6.40. The minimum absolute atomic E-state index is 0.316. The van der Waals surface area contributed by atoms with E-state index in [0.717, 1.165) is 0 Å². The molecule has 0 aromatic heterocycles. The Hall–Kier alpha value is -1.28. The van der Waals surface area contributed by atoms with E-state index in [-0.39, 0.29) is 5.92 Å². The van der Waals surface area contributed by atoms with Crippen molar-refractivity contribution in [1.29, 1.82) is 0 Å². The van der Waals surface area contributed by atoms with Crippen molar-refractivity contribution in [2.24, 2.45) is 11.7 Å². The first-order chi connectivity index (χ1) is 8.58. The average molecular weight is 293 g/mol. The monoisotopic (exact) mass is 293 g/mol. The highest BCUT2D eigenvalue weighted by Gasteiger charge is 2.35. The predicted molar refractivity (Wildman–Crippen MR) is 69.6 cm³/mol. The lowest BCUT2D eigenvalue weighted by Gasteiger charge is -2.26. The fraction of sp³-hybridized carbons (Fsp3) is 0.727. The van der Waals surface area contributed by atoms with Crippen LogP contribution >= 0.6 is 11.8 Å². The first kappa shape index (κ1) is 17.7. The molecule has 1 atom stereocenters. The average Bonchev–Trinajstić information content (AvgIpc) is 2.26. The lowest BCUT2D eigenvalue weighted by atomic mass is 10.1. The molecule has 0 aliphatic rings. The largest absolute Gasteiger partial charge is 0.480 e. The summed E-state index contributed by atoms with van der Waals surface area (Å²) >= 11 is 0.640. The Bertz CT molecular complexity index is 355. The van der Waals surface area contributed by atoms with Gasteiger partial charge in [0.15, 0.2) is 0 Å². The lowest BCUT2D eigenvalue weighted by Crippen LogP contribution is -2.47. The number of esters is 1. The molecule has 3 N–H and O–H groups in total. The van der Waals surface area contributed by atoms with E-state index in [4.69, 9.17) is 10.8 Å². The molecule has 7 nitrogen and oxygen atoms in total. The van der Waals surface area contributed by atoms with Gasteiger partial charge in [-0.15, -0.1) is 0 Å². The van der Waals surface area contributed by atoms with Gasteiger partial charge in [0, 0.05) is 4.75 Å². The summed E-state index contributed by atoms with van der Waals surface area (Å²) in [4.78, 5) is 33.3. The Morgan fingerprint density at radius 1 is 1.26 bits per heavy atom.